The fourth-order valence-electron chi connectivity index (χ4n) is 1.79. The van der Waals surface area contributed by atoms with Crippen molar-refractivity contribution < 1.29 is 9.90 Å². The minimum Gasteiger partial charge on any atom is -0.476 e. The summed E-state index contributed by atoms with van der Waals surface area (Å²) in [5, 5.41) is 9.66. The summed E-state index contributed by atoms with van der Waals surface area (Å²) < 4.78 is 1.76. The molecule has 0 atom stereocenters. The maximum absolute atomic E-state index is 11.1. The number of pyridine rings is 1. The Hall–Kier alpha value is -1.55. The molecule has 2 heterocycles. The monoisotopic (exact) mass is 252 g/mol. The van der Waals surface area contributed by atoms with E-state index in [1.807, 2.05) is 0 Å². The SMILES string of the molecule is CC(C)Cc1nc(C(=O)O)c2ccc(Cl)cn12. The highest BCUT2D eigenvalue weighted by atomic mass is 35.5. The summed E-state index contributed by atoms with van der Waals surface area (Å²) in [6, 6.07) is 3.35. The third-order valence-corrected chi connectivity index (χ3v) is 2.69. The van der Waals surface area contributed by atoms with Crippen molar-refractivity contribution in [2.75, 3.05) is 0 Å². The van der Waals surface area contributed by atoms with Gasteiger partial charge in [0.2, 0.25) is 0 Å². The number of aromatic nitrogens is 2. The Balaban J connectivity index is 2.66. The van der Waals surface area contributed by atoms with E-state index in [2.05, 4.69) is 18.8 Å². The van der Waals surface area contributed by atoms with Crippen molar-refractivity contribution >= 4 is 23.1 Å². The van der Waals surface area contributed by atoms with Crippen molar-refractivity contribution in [1.29, 1.82) is 0 Å². The molecule has 5 heteroatoms. The first kappa shape index (κ1) is 11.9. The van der Waals surface area contributed by atoms with Gasteiger partial charge in [0.25, 0.3) is 0 Å². The third-order valence-electron chi connectivity index (χ3n) is 2.47. The van der Waals surface area contributed by atoms with Gasteiger partial charge in [0, 0.05) is 12.6 Å². The van der Waals surface area contributed by atoms with Crippen LogP contribution in [-0.2, 0) is 6.42 Å². The predicted molar refractivity (Wildman–Crippen MR) is 65.7 cm³/mol. The highest BCUT2D eigenvalue weighted by Crippen LogP contribution is 2.19. The molecule has 0 aliphatic carbocycles. The average molecular weight is 253 g/mol. The number of aromatic carboxylic acids is 1. The molecule has 0 unspecified atom stereocenters. The summed E-state index contributed by atoms with van der Waals surface area (Å²) >= 11 is 5.92. The molecule has 0 aromatic carbocycles. The summed E-state index contributed by atoms with van der Waals surface area (Å²) in [6.45, 7) is 4.12. The molecule has 0 radical (unpaired) electrons. The average Bonchev–Trinajstić information content (AvgIpc) is 2.56. The van der Waals surface area contributed by atoms with Crippen molar-refractivity contribution in [3.05, 3.63) is 34.9 Å². The van der Waals surface area contributed by atoms with E-state index in [0.717, 1.165) is 12.2 Å². The Bertz CT molecular complexity index is 575. The molecule has 2 aromatic rings. The largest absolute Gasteiger partial charge is 0.476 e. The summed E-state index contributed by atoms with van der Waals surface area (Å²) in [5.74, 6) is 0.121. The summed E-state index contributed by atoms with van der Waals surface area (Å²) in [6.07, 6.45) is 2.42. The number of imidazole rings is 1. The molecule has 4 nitrogen and oxygen atoms in total. The van der Waals surface area contributed by atoms with Gasteiger partial charge in [0.1, 0.15) is 5.82 Å². The van der Waals surface area contributed by atoms with Gasteiger partial charge in [-0.15, -0.1) is 0 Å². The van der Waals surface area contributed by atoms with Gasteiger partial charge < -0.3 is 9.51 Å². The number of hydrogen-bond acceptors (Lipinski definition) is 2. The van der Waals surface area contributed by atoms with Crippen LogP contribution in [0.3, 0.4) is 0 Å². The Labute approximate surface area is 104 Å². The van der Waals surface area contributed by atoms with E-state index in [1.165, 1.54) is 0 Å². The minimum atomic E-state index is -1.01. The second kappa shape index (κ2) is 4.37. The zero-order valence-corrected chi connectivity index (χ0v) is 10.4. The fourth-order valence-corrected chi connectivity index (χ4v) is 1.95. The van der Waals surface area contributed by atoms with Crippen LogP contribution >= 0.6 is 11.6 Å². The molecule has 90 valence electrons. The molecule has 0 bridgehead atoms. The van der Waals surface area contributed by atoms with E-state index in [-0.39, 0.29) is 5.69 Å². The summed E-state index contributed by atoms with van der Waals surface area (Å²) in [4.78, 5) is 15.3. The first-order valence-electron chi connectivity index (χ1n) is 5.39. The molecule has 2 aromatic heterocycles. The minimum absolute atomic E-state index is 0.0808. The number of carbonyl (C=O) groups is 1. The molecule has 0 amide bonds. The number of carboxylic acid groups (broad SMARTS) is 1. The second-order valence-corrected chi connectivity index (χ2v) is 4.82. The van der Waals surface area contributed by atoms with Gasteiger partial charge in [-0.05, 0) is 18.1 Å². The number of fused-ring (bicyclic) bond motifs is 1. The standard InChI is InChI=1S/C12H13ClN2O2/c1-7(2)5-10-14-11(12(16)17)9-4-3-8(13)6-15(9)10/h3-4,6-7H,5H2,1-2H3,(H,16,17). The third kappa shape index (κ3) is 2.26. The van der Waals surface area contributed by atoms with Crippen molar-refractivity contribution in [2.45, 2.75) is 20.3 Å². The van der Waals surface area contributed by atoms with E-state index in [4.69, 9.17) is 16.7 Å². The van der Waals surface area contributed by atoms with Crippen LogP contribution in [0, 0.1) is 5.92 Å². The van der Waals surface area contributed by atoms with Gasteiger partial charge in [-0.1, -0.05) is 25.4 Å². The lowest BCUT2D eigenvalue weighted by molar-refractivity contribution is 0.0693. The lowest BCUT2D eigenvalue weighted by Crippen LogP contribution is -2.00. The number of nitrogens with zero attached hydrogens (tertiary/aromatic N) is 2. The van der Waals surface area contributed by atoms with Crippen LogP contribution in [0.2, 0.25) is 5.02 Å². The van der Waals surface area contributed by atoms with Gasteiger partial charge >= 0.3 is 5.97 Å². The van der Waals surface area contributed by atoms with E-state index in [9.17, 15) is 4.79 Å². The van der Waals surface area contributed by atoms with E-state index in [1.54, 1.807) is 22.7 Å². The zero-order chi connectivity index (χ0) is 12.6. The lowest BCUT2D eigenvalue weighted by Gasteiger charge is -2.03. The zero-order valence-electron chi connectivity index (χ0n) is 9.64. The van der Waals surface area contributed by atoms with Crippen molar-refractivity contribution in [3.8, 4) is 0 Å². The summed E-state index contributed by atoms with van der Waals surface area (Å²) in [5.41, 5.74) is 0.662. The molecular weight excluding hydrogens is 240 g/mol. The van der Waals surface area contributed by atoms with Gasteiger partial charge in [-0.25, -0.2) is 9.78 Å². The highest BCUT2D eigenvalue weighted by molar-refractivity contribution is 6.30. The number of carboxylic acids is 1. The van der Waals surface area contributed by atoms with Gasteiger partial charge in [-0.2, -0.15) is 0 Å². The number of rotatable bonds is 3. The van der Waals surface area contributed by atoms with E-state index in [0.29, 0.717) is 16.5 Å². The quantitative estimate of drug-likeness (QED) is 0.914. The Morgan fingerprint density at radius 3 is 2.82 bits per heavy atom. The maximum atomic E-state index is 11.1. The van der Waals surface area contributed by atoms with Gasteiger partial charge in [0.15, 0.2) is 5.69 Å². The van der Waals surface area contributed by atoms with Crippen LogP contribution in [-0.4, -0.2) is 20.5 Å². The molecule has 0 saturated heterocycles. The molecule has 0 aliphatic rings. The summed E-state index contributed by atoms with van der Waals surface area (Å²) in [7, 11) is 0. The first-order valence-corrected chi connectivity index (χ1v) is 5.76. The van der Waals surface area contributed by atoms with E-state index < -0.39 is 5.97 Å². The molecule has 2 rings (SSSR count). The van der Waals surface area contributed by atoms with Crippen LogP contribution in [0.25, 0.3) is 5.52 Å². The number of halogens is 1. The lowest BCUT2D eigenvalue weighted by atomic mass is 10.1. The predicted octanol–water partition coefficient (Wildman–Crippen LogP) is 2.88. The van der Waals surface area contributed by atoms with Gasteiger partial charge in [-0.3, -0.25) is 0 Å². The highest BCUT2D eigenvalue weighted by Gasteiger charge is 2.17. The Morgan fingerprint density at radius 1 is 1.53 bits per heavy atom. The first-order chi connectivity index (χ1) is 7.99. The molecule has 0 aliphatic heterocycles. The second-order valence-electron chi connectivity index (χ2n) is 4.38. The maximum Gasteiger partial charge on any atom is 0.356 e. The fraction of sp³-hybridized carbons (Fsp3) is 0.333. The molecule has 17 heavy (non-hydrogen) atoms. The molecule has 0 spiro atoms. The number of hydrogen-bond donors (Lipinski definition) is 1. The smallest absolute Gasteiger partial charge is 0.356 e. The Kier molecular flexibility index (Phi) is 3.07. The van der Waals surface area contributed by atoms with Crippen LogP contribution in [0.4, 0.5) is 0 Å². The topological polar surface area (TPSA) is 54.6 Å². The molecular formula is C12H13ClN2O2. The van der Waals surface area contributed by atoms with Crippen LogP contribution in [0.15, 0.2) is 18.3 Å². The molecule has 0 saturated carbocycles. The van der Waals surface area contributed by atoms with E-state index >= 15 is 0 Å². The van der Waals surface area contributed by atoms with Crippen molar-refractivity contribution in [3.63, 3.8) is 0 Å². The van der Waals surface area contributed by atoms with Crippen LogP contribution in [0.1, 0.15) is 30.2 Å². The van der Waals surface area contributed by atoms with Gasteiger partial charge in [0.05, 0.1) is 10.5 Å². The normalized spacial score (nSPS) is 11.3. The molecule has 1 N–H and O–H groups in total. The Morgan fingerprint density at radius 2 is 2.24 bits per heavy atom. The van der Waals surface area contributed by atoms with Crippen LogP contribution < -0.4 is 0 Å². The van der Waals surface area contributed by atoms with Crippen LogP contribution in [0.5, 0.6) is 0 Å². The van der Waals surface area contributed by atoms with Crippen molar-refractivity contribution in [2.24, 2.45) is 5.92 Å². The van der Waals surface area contributed by atoms with Crippen molar-refractivity contribution in [1.82, 2.24) is 9.38 Å². The molecule has 0 fully saturated rings.